The van der Waals surface area contributed by atoms with Crippen molar-refractivity contribution in [1.82, 2.24) is 4.90 Å². The molecule has 0 aliphatic heterocycles. The zero-order chi connectivity index (χ0) is 28.3. The van der Waals surface area contributed by atoms with Crippen molar-refractivity contribution in [1.29, 1.82) is 0 Å². The van der Waals surface area contributed by atoms with E-state index in [-0.39, 0.29) is 17.4 Å². The SMILES string of the molecule is CC.CC(C)c1cccc(C2(N(C)CC[C@@H](N)Cc3cc(F)cc(OCc4ccccc4)c3)CCCCC2)c1. The lowest BCUT2D eigenvalue weighted by Crippen LogP contribution is -2.47. The highest BCUT2D eigenvalue weighted by atomic mass is 19.1. The van der Waals surface area contributed by atoms with Gasteiger partial charge >= 0.3 is 0 Å². The molecular formula is C35H49FN2O. The minimum absolute atomic E-state index is 0.0473. The van der Waals surface area contributed by atoms with Crippen LogP contribution < -0.4 is 10.5 Å². The second kappa shape index (κ2) is 15.2. The minimum atomic E-state index is -0.281. The van der Waals surface area contributed by atoms with Gasteiger partial charge in [0.05, 0.1) is 0 Å². The molecule has 0 saturated heterocycles. The van der Waals surface area contributed by atoms with Gasteiger partial charge in [-0.25, -0.2) is 4.39 Å². The molecule has 1 fully saturated rings. The van der Waals surface area contributed by atoms with Crippen molar-refractivity contribution >= 4 is 0 Å². The first kappa shape index (κ1) is 30.8. The lowest BCUT2D eigenvalue weighted by atomic mass is 9.74. The van der Waals surface area contributed by atoms with E-state index in [0.717, 1.165) is 24.1 Å². The van der Waals surface area contributed by atoms with Gasteiger partial charge in [-0.2, -0.15) is 0 Å². The topological polar surface area (TPSA) is 38.5 Å². The molecule has 1 aliphatic rings. The van der Waals surface area contributed by atoms with Crippen LogP contribution in [-0.2, 0) is 18.6 Å². The van der Waals surface area contributed by atoms with Crippen LogP contribution in [-0.4, -0.2) is 24.5 Å². The van der Waals surface area contributed by atoms with Crippen LogP contribution in [0.15, 0.2) is 72.8 Å². The normalized spacial score (nSPS) is 15.5. The zero-order valence-electron chi connectivity index (χ0n) is 24.8. The van der Waals surface area contributed by atoms with E-state index >= 15 is 0 Å². The standard InChI is InChI=1S/C33H43FN2O.C2H6/c1-25(2)28-13-10-14-29(22-28)33(16-8-5-9-17-33)36(3)18-15-31(35)20-27-19-30(34)23-32(21-27)37-24-26-11-6-4-7-12-26;1-2/h4,6-7,10-14,19,21-23,25,31H,5,8-9,15-18,20,24,35H2,1-3H3;1-2H3/t31-;/m1./s1. The quantitative estimate of drug-likeness (QED) is 0.269. The van der Waals surface area contributed by atoms with Gasteiger partial charge in [-0.1, -0.05) is 102 Å². The molecule has 4 heteroatoms. The van der Waals surface area contributed by atoms with Gasteiger partial charge in [0.25, 0.3) is 0 Å². The Morgan fingerprint density at radius 3 is 2.31 bits per heavy atom. The van der Waals surface area contributed by atoms with Crippen LogP contribution in [0.2, 0.25) is 0 Å². The number of rotatable bonds is 11. The molecule has 0 amide bonds. The molecule has 0 spiro atoms. The number of halogens is 1. The van der Waals surface area contributed by atoms with Crippen LogP contribution >= 0.6 is 0 Å². The monoisotopic (exact) mass is 532 g/mol. The van der Waals surface area contributed by atoms with Gasteiger partial charge in [-0.3, -0.25) is 4.90 Å². The van der Waals surface area contributed by atoms with E-state index in [9.17, 15) is 4.39 Å². The minimum Gasteiger partial charge on any atom is -0.489 e. The number of hydrogen-bond donors (Lipinski definition) is 1. The fraction of sp³-hybridized carbons (Fsp3) is 0.486. The van der Waals surface area contributed by atoms with E-state index in [1.54, 1.807) is 6.07 Å². The van der Waals surface area contributed by atoms with Gasteiger partial charge in [-0.15, -0.1) is 0 Å². The molecule has 3 aromatic carbocycles. The molecule has 39 heavy (non-hydrogen) atoms. The Morgan fingerprint density at radius 1 is 0.897 bits per heavy atom. The number of nitrogens with zero attached hydrogens (tertiary/aromatic N) is 1. The lowest BCUT2D eigenvalue weighted by Gasteiger charge is -2.46. The van der Waals surface area contributed by atoms with Crippen LogP contribution in [0.5, 0.6) is 5.75 Å². The van der Waals surface area contributed by atoms with Crippen LogP contribution in [0.25, 0.3) is 0 Å². The number of benzene rings is 3. The molecule has 0 bridgehead atoms. The lowest BCUT2D eigenvalue weighted by molar-refractivity contribution is 0.0696. The largest absolute Gasteiger partial charge is 0.489 e. The van der Waals surface area contributed by atoms with E-state index in [0.29, 0.717) is 24.7 Å². The van der Waals surface area contributed by atoms with Gasteiger partial charge < -0.3 is 10.5 Å². The fourth-order valence-corrected chi connectivity index (χ4v) is 5.76. The molecule has 0 unspecified atom stereocenters. The van der Waals surface area contributed by atoms with Crippen molar-refractivity contribution in [2.24, 2.45) is 5.73 Å². The Kier molecular flexibility index (Phi) is 12.0. The average Bonchev–Trinajstić information content (AvgIpc) is 2.96. The summed E-state index contributed by atoms with van der Waals surface area (Å²) in [4.78, 5) is 2.55. The Morgan fingerprint density at radius 2 is 1.62 bits per heavy atom. The second-order valence-corrected chi connectivity index (χ2v) is 11.1. The van der Waals surface area contributed by atoms with Gasteiger partial charge in [0.15, 0.2) is 0 Å². The second-order valence-electron chi connectivity index (χ2n) is 11.1. The van der Waals surface area contributed by atoms with Crippen molar-refractivity contribution in [3.05, 3.63) is 101 Å². The summed E-state index contributed by atoms with van der Waals surface area (Å²) in [6, 6.07) is 24.1. The Balaban J connectivity index is 0.00000205. The summed E-state index contributed by atoms with van der Waals surface area (Å²) in [7, 11) is 2.26. The molecule has 2 N–H and O–H groups in total. The first-order valence-electron chi connectivity index (χ1n) is 14.9. The Labute approximate surface area is 236 Å². The highest BCUT2D eigenvalue weighted by molar-refractivity contribution is 5.32. The molecule has 0 aromatic heterocycles. The number of nitrogens with two attached hydrogens (primary N) is 1. The summed E-state index contributed by atoms with van der Waals surface area (Å²) >= 11 is 0. The highest BCUT2D eigenvalue weighted by Gasteiger charge is 2.37. The van der Waals surface area contributed by atoms with Crippen molar-refractivity contribution in [3.8, 4) is 5.75 Å². The van der Waals surface area contributed by atoms with Crippen LogP contribution in [0.4, 0.5) is 4.39 Å². The third kappa shape index (κ3) is 8.65. The van der Waals surface area contributed by atoms with Crippen molar-refractivity contribution in [3.63, 3.8) is 0 Å². The average molecular weight is 533 g/mol. The highest BCUT2D eigenvalue weighted by Crippen LogP contribution is 2.42. The number of hydrogen-bond acceptors (Lipinski definition) is 3. The first-order valence-corrected chi connectivity index (χ1v) is 14.9. The maximum Gasteiger partial charge on any atom is 0.127 e. The molecule has 0 heterocycles. The summed E-state index contributed by atoms with van der Waals surface area (Å²) in [5, 5.41) is 0. The number of ether oxygens (including phenoxy) is 1. The Bertz CT molecular complexity index is 1120. The van der Waals surface area contributed by atoms with E-state index in [1.807, 2.05) is 50.2 Å². The van der Waals surface area contributed by atoms with Crippen LogP contribution in [0.1, 0.15) is 94.4 Å². The third-order valence-corrected chi connectivity index (χ3v) is 8.01. The van der Waals surface area contributed by atoms with Gasteiger partial charge in [0.2, 0.25) is 0 Å². The molecule has 0 radical (unpaired) electrons. The molecule has 3 nitrogen and oxygen atoms in total. The summed E-state index contributed by atoms with van der Waals surface area (Å²) < 4.78 is 20.2. The van der Waals surface area contributed by atoms with Crippen molar-refractivity contribution in [2.75, 3.05) is 13.6 Å². The van der Waals surface area contributed by atoms with E-state index < -0.39 is 0 Å². The third-order valence-electron chi connectivity index (χ3n) is 8.01. The van der Waals surface area contributed by atoms with Gasteiger partial charge in [0.1, 0.15) is 18.2 Å². The van der Waals surface area contributed by atoms with E-state index in [1.165, 1.54) is 49.3 Å². The maximum atomic E-state index is 14.4. The molecule has 4 rings (SSSR count). The summed E-state index contributed by atoms with van der Waals surface area (Å²) in [6.07, 6.45) is 7.70. The predicted molar refractivity (Wildman–Crippen MR) is 163 cm³/mol. The van der Waals surface area contributed by atoms with Gasteiger partial charge in [-0.05, 0) is 73.0 Å². The van der Waals surface area contributed by atoms with Gasteiger partial charge in [0, 0.05) is 24.2 Å². The van der Waals surface area contributed by atoms with E-state index in [4.69, 9.17) is 10.5 Å². The maximum absolute atomic E-state index is 14.4. The molecule has 3 aromatic rings. The molecule has 1 saturated carbocycles. The summed E-state index contributed by atoms with van der Waals surface area (Å²) in [6.45, 7) is 9.86. The van der Waals surface area contributed by atoms with Crippen molar-refractivity contribution < 1.29 is 9.13 Å². The predicted octanol–water partition coefficient (Wildman–Crippen LogP) is 8.61. The summed E-state index contributed by atoms with van der Waals surface area (Å²) in [5.41, 5.74) is 11.5. The van der Waals surface area contributed by atoms with Crippen molar-refractivity contribution in [2.45, 2.75) is 96.7 Å². The van der Waals surface area contributed by atoms with Crippen LogP contribution in [0, 0.1) is 5.82 Å². The molecule has 1 atom stereocenters. The smallest absolute Gasteiger partial charge is 0.127 e. The zero-order valence-corrected chi connectivity index (χ0v) is 24.8. The fourth-order valence-electron chi connectivity index (χ4n) is 5.76. The first-order chi connectivity index (χ1) is 18.9. The molecule has 212 valence electrons. The van der Waals surface area contributed by atoms with Crippen LogP contribution in [0.3, 0.4) is 0 Å². The van der Waals surface area contributed by atoms with E-state index in [2.05, 4.69) is 50.1 Å². The molecule has 1 aliphatic carbocycles. The molecular weight excluding hydrogens is 483 g/mol. The Hall–Kier alpha value is -2.69. The summed E-state index contributed by atoms with van der Waals surface area (Å²) in [5.74, 6) is 0.789.